The smallest absolute Gasteiger partial charge is 0.150 e. The van der Waals surface area contributed by atoms with Crippen LogP contribution in [0.4, 0.5) is 0 Å². The van der Waals surface area contributed by atoms with Gasteiger partial charge in [0.05, 0.1) is 5.52 Å². The van der Waals surface area contributed by atoms with Crippen molar-refractivity contribution >= 4 is 33.1 Å². The summed E-state index contributed by atoms with van der Waals surface area (Å²) in [7, 11) is 0. The number of aryl methyl sites for hydroxylation is 1. The minimum Gasteiger partial charge on any atom is -0.298 e. The molecule has 0 spiro atoms. The van der Waals surface area contributed by atoms with E-state index in [4.69, 9.17) is 0 Å². The quantitative estimate of drug-likeness (QED) is 0.728. The van der Waals surface area contributed by atoms with E-state index in [1.165, 1.54) is 0 Å². The second-order valence-electron chi connectivity index (χ2n) is 3.14. The first-order valence-corrected chi connectivity index (χ1v) is 5.02. The van der Waals surface area contributed by atoms with Crippen LogP contribution in [0.5, 0.6) is 0 Å². The molecule has 0 saturated carbocycles. The minimum atomic E-state index is 0.662. The molecule has 0 bridgehead atoms. The summed E-state index contributed by atoms with van der Waals surface area (Å²) in [5.74, 6) is 0. The number of hydrogen-bond acceptors (Lipinski definition) is 2. The van der Waals surface area contributed by atoms with Crippen molar-refractivity contribution in [2.75, 3.05) is 0 Å². The summed E-state index contributed by atoms with van der Waals surface area (Å²) in [5.41, 5.74) is 2.53. The molecule has 0 fully saturated rings. The lowest BCUT2D eigenvalue weighted by atomic mass is 10.1. The van der Waals surface area contributed by atoms with Crippen LogP contribution in [0.15, 0.2) is 28.7 Å². The molecular weight excluding hydrogens is 242 g/mol. The van der Waals surface area contributed by atoms with E-state index in [-0.39, 0.29) is 0 Å². The van der Waals surface area contributed by atoms with Crippen LogP contribution in [0.25, 0.3) is 10.9 Å². The molecule has 0 saturated heterocycles. The average Bonchev–Trinajstić information content (AvgIpc) is 2.19. The number of benzene rings is 1. The van der Waals surface area contributed by atoms with Crippen LogP contribution >= 0.6 is 15.9 Å². The number of aldehydes is 1. The molecule has 2 nitrogen and oxygen atoms in total. The molecule has 1 aromatic heterocycles. The first-order valence-electron chi connectivity index (χ1n) is 4.23. The molecule has 1 heterocycles. The van der Waals surface area contributed by atoms with E-state index >= 15 is 0 Å². The van der Waals surface area contributed by atoms with Gasteiger partial charge in [-0.15, -0.1) is 0 Å². The van der Waals surface area contributed by atoms with Crippen LogP contribution in [-0.4, -0.2) is 11.3 Å². The topological polar surface area (TPSA) is 30.0 Å². The van der Waals surface area contributed by atoms with E-state index in [2.05, 4.69) is 20.9 Å². The van der Waals surface area contributed by atoms with Gasteiger partial charge in [0.1, 0.15) is 6.29 Å². The third-order valence-corrected chi connectivity index (χ3v) is 2.65. The number of carbonyl (C=O) groups excluding carboxylic acids is 1. The zero-order valence-electron chi connectivity index (χ0n) is 7.62. The number of halogens is 1. The Kier molecular flexibility index (Phi) is 2.33. The molecule has 0 atom stereocenters. The fourth-order valence-electron chi connectivity index (χ4n) is 1.38. The maximum absolute atomic E-state index is 10.6. The Morgan fingerprint density at radius 2 is 2.14 bits per heavy atom. The van der Waals surface area contributed by atoms with Crippen molar-refractivity contribution in [3.8, 4) is 0 Å². The highest BCUT2D eigenvalue weighted by atomic mass is 79.9. The van der Waals surface area contributed by atoms with Gasteiger partial charge in [0.25, 0.3) is 0 Å². The van der Waals surface area contributed by atoms with Crippen molar-refractivity contribution in [3.05, 3.63) is 40.0 Å². The van der Waals surface area contributed by atoms with Gasteiger partial charge < -0.3 is 0 Å². The zero-order chi connectivity index (χ0) is 10.1. The van der Waals surface area contributed by atoms with Crippen LogP contribution in [0.3, 0.4) is 0 Å². The summed E-state index contributed by atoms with van der Waals surface area (Å²) in [6.07, 6.45) is 0.837. The maximum atomic E-state index is 10.6. The van der Waals surface area contributed by atoms with Crippen molar-refractivity contribution in [2.24, 2.45) is 0 Å². The predicted octanol–water partition coefficient (Wildman–Crippen LogP) is 3.12. The Morgan fingerprint density at radius 3 is 2.86 bits per heavy atom. The van der Waals surface area contributed by atoms with Crippen LogP contribution in [0.2, 0.25) is 0 Å². The van der Waals surface area contributed by atoms with Gasteiger partial charge in [-0.25, -0.2) is 0 Å². The molecule has 0 radical (unpaired) electrons. The molecule has 3 heteroatoms. The lowest BCUT2D eigenvalue weighted by molar-refractivity contribution is 0.112. The van der Waals surface area contributed by atoms with Gasteiger partial charge in [0.2, 0.25) is 0 Å². The first kappa shape index (κ1) is 9.34. The standard InChI is InChI=1S/C11H8BrNO/c1-7-2-3-9-4-8(6-14)5-10(12)11(9)13-7/h2-6H,1H3. The van der Waals surface area contributed by atoms with Crippen molar-refractivity contribution in [2.45, 2.75) is 6.92 Å². The summed E-state index contributed by atoms with van der Waals surface area (Å²) in [4.78, 5) is 15.0. The molecule has 0 N–H and O–H groups in total. The Hall–Kier alpha value is -1.22. The van der Waals surface area contributed by atoms with Gasteiger partial charge in [0, 0.05) is 21.1 Å². The number of carbonyl (C=O) groups is 1. The van der Waals surface area contributed by atoms with Gasteiger partial charge in [0.15, 0.2) is 0 Å². The summed E-state index contributed by atoms with van der Waals surface area (Å²) < 4.78 is 0.862. The van der Waals surface area contributed by atoms with Crippen molar-refractivity contribution in [3.63, 3.8) is 0 Å². The molecule has 1 aromatic carbocycles. The Labute approximate surface area is 90.1 Å². The number of aromatic nitrogens is 1. The molecule has 0 amide bonds. The summed E-state index contributed by atoms with van der Waals surface area (Å²) in [6, 6.07) is 7.51. The fourth-order valence-corrected chi connectivity index (χ4v) is 1.96. The number of rotatable bonds is 1. The normalized spacial score (nSPS) is 10.4. The van der Waals surface area contributed by atoms with E-state index in [1.807, 2.05) is 25.1 Å². The van der Waals surface area contributed by atoms with Gasteiger partial charge in [-0.3, -0.25) is 9.78 Å². The van der Waals surface area contributed by atoms with Gasteiger partial charge >= 0.3 is 0 Å². The highest BCUT2D eigenvalue weighted by Gasteiger charge is 2.02. The number of fused-ring (bicyclic) bond motifs is 1. The van der Waals surface area contributed by atoms with E-state index in [9.17, 15) is 4.79 Å². The largest absolute Gasteiger partial charge is 0.298 e. The van der Waals surface area contributed by atoms with Crippen molar-refractivity contribution in [1.82, 2.24) is 4.98 Å². The molecule has 0 unspecified atom stereocenters. The molecular formula is C11H8BrNO. The van der Waals surface area contributed by atoms with E-state index in [1.54, 1.807) is 6.07 Å². The maximum Gasteiger partial charge on any atom is 0.150 e. The Bertz CT molecular complexity index is 508. The number of hydrogen-bond donors (Lipinski definition) is 0. The second kappa shape index (κ2) is 3.50. The SMILES string of the molecule is Cc1ccc2cc(C=O)cc(Br)c2n1. The summed E-state index contributed by atoms with van der Waals surface area (Å²) >= 11 is 3.40. The summed E-state index contributed by atoms with van der Waals surface area (Å²) in [6.45, 7) is 1.94. The molecule has 0 aliphatic heterocycles. The van der Waals surface area contributed by atoms with Crippen molar-refractivity contribution in [1.29, 1.82) is 0 Å². The van der Waals surface area contributed by atoms with E-state index < -0.39 is 0 Å². The minimum absolute atomic E-state index is 0.662. The second-order valence-corrected chi connectivity index (χ2v) is 4.00. The molecule has 0 aliphatic rings. The number of pyridine rings is 1. The Morgan fingerprint density at radius 1 is 1.36 bits per heavy atom. The summed E-state index contributed by atoms with van der Waals surface area (Å²) in [5, 5.41) is 0.979. The third-order valence-electron chi connectivity index (χ3n) is 2.04. The van der Waals surface area contributed by atoms with E-state index in [0.717, 1.165) is 27.4 Å². The fraction of sp³-hybridized carbons (Fsp3) is 0.0909. The highest BCUT2D eigenvalue weighted by Crippen LogP contribution is 2.23. The van der Waals surface area contributed by atoms with Crippen LogP contribution < -0.4 is 0 Å². The predicted molar refractivity (Wildman–Crippen MR) is 59.6 cm³/mol. The molecule has 2 aromatic rings. The third kappa shape index (κ3) is 1.55. The van der Waals surface area contributed by atoms with Crippen molar-refractivity contribution < 1.29 is 4.79 Å². The van der Waals surface area contributed by atoms with Gasteiger partial charge in [-0.1, -0.05) is 6.07 Å². The van der Waals surface area contributed by atoms with Crippen LogP contribution in [-0.2, 0) is 0 Å². The molecule has 14 heavy (non-hydrogen) atoms. The van der Waals surface area contributed by atoms with Gasteiger partial charge in [-0.05, 0) is 41.1 Å². The van der Waals surface area contributed by atoms with E-state index in [0.29, 0.717) is 5.56 Å². The number of nitrogens with zero attached hydrogens (tertiary/aromatic N) is 1. The molecule has 70 valence electrons. The monoisotopic (exact) mass is 249 g/mol. The van der Waals surface area contributed by atoms with Crippen LogP contribution in [0.1, 0.15) is 16.1 Å². The molecule has 0 aliphatic carbocycles. The van der Waals surface area contributed by atoms with Crippen LogP contribution in [0, 0.1) is 6.92 Å². The molecule has 2 rings (SSSR count). The average molecular weight is 250 g/mol. The zero-order valence-corrected chi connectivity index (χ0v) is 9.21. The van der Waals surface area contributed by atoms with Gasteiger partial charge in [-0.2, -0.15) is 0 Å². The first-order chi connectivity index (χ1) is 6.70. The highest BCUT2D eigenvalue weighted by molar-refractivity contribution is 9.10. The lowest BCUT2D eigenvalue weighted by Gasteiger charge is -2.02. The lowest BCUT2D eigenvalue weighted by Crippen LogP contribution is -1.87. The Balaban J connectivity index is 2.82.